The van der Waals surface area contributed by atoms with Crippen LogP contribution in [-0.4, -0.2) is 0 Å². The van der Waals surface area contributed by atoms with Crippen molar-refractivity contribution in [3.63, 3.8) is 0 Å². The quantitative estimate of drug-likeness (QED) is 0.329. The minimum Gasteiger partial charge on any atom is -0.878 e. The molecule has 1 rings (SSSR count). The second kappa shape index (κ2) is 5.26. The van der Waals surface area contributed by atoms with Crippen molar-refractivity contribution in [2.45, 2.75) is 0 Å². The Labute approximate surface area is 96.0 Å². The van der Waals surface area contributed by atoms with Crippen molar-refractivity contribution in [3.05, 3.63) is 30.4 Å². The molecule has 0 saturated heterocycles. The van der Waals surface area contributed by atoms with Crippen LogP contribution in [0.4, 0.5) is 0 Å². The summed E-state index contributed by atoms with van der Waals surface area (Å²) >= 11 is 0. The first kappa shape index (κ1) is 9.46. The standard InChI is InChI=1S/C6H6O2.K/c7-4-3-6-2-1-5-8-6;/h1-5,7H;/q;+1/p-1/b4-3+;. The van der Waals surface area contributed by atoms with Crippen molar-refractivity contribution < 1.29 is 60.9 Å². The molecule has 1 heterocycles. The fourth-order valence-electron chi connectivity index (χ4n) is 0.453. The number of rotatable bonds is 1. The van der Waals surface area contributed by atoms with Gasteiger partial charge in [-0.3, -0.25) is 0 Å². The van der Waals surface area contributed by atoms with Gasteiger partial charge in [-0.1, -0.05) is 0 Å². The molecule has 1 aromatic heterocycles. The van der Waals surface area contributed by atoms with Crippen LogP contribution in [0.5, 0.6) is 0 Å². The monoisotopic (exact) mass is 148 g/mol. The molecule has 0 amide bonds. The maximum absolute atomic E-state index is 9.76. The van der Waals surface area contributed by atoms with Gasteiger partial charge in [0.1, 0.15) is 5.76 Å². The van der Waals surface area contributed by atoms with Gasteiger partial charge in [0.05, 0.1) is 6.26 Å². The fraction of sp³-hybridized carbons (Fsp3) is 0. The Kier molecular flexibility index (Phi) is 5.52. The van der Waals surface area contributed by atoms with Crippen LogP contribution < -0.4 is 56.5 Å². The average molecular weight is 148 g/mol. The molecule has 0 aromatic carbocycles. The molecule has 0 bridgehead atoms. The van der Waals surface area contributed by atoms with Crippen LogP contribution in [0.3, 0.4) is 0 Å². The molecule has 0 aliphatic carbocycles. The van der Waals surface area contributed by atoms with Crippen molar-refractivity contribution in [2.75, 3.05) is 0 Å². The Hall–Kier alpha value is 0.456. The van der Waals surface area contributed by atoms with Gasteiger partial charge in [0.2, 0.25) is 0 Å². The minimum absolute atomic E-state index is 0. The first-order valence-corrected chi connectivity index (χ1v) is 2.25. The van der Waals surface area contributed by atoms with Crippen LogP contribution in [0.2, 0.25) is 0 Å². The van der Waals surface area contributed by atoms with Gasteiger partial charge < -0.3 is 9.52 Å². The van der Waals surface area contributed by atoms with Crippen molar-refractivity contribution in [1.82, 2.24) is 0 Å². The molecule has 0 atom stereocenters. The van der Waals surface area contributed by atoms with E-state index in [4.69, 9.17) is 4.42 Å². The Morgan fingerprint density at radius 1 is 1.56 bits per heavy atom. The van der Waals surface area contributed by atoms with Gasteiger partial charge in [0.25, 0.3) is 0 Å². The Bertz CT molecular complexity index is 167. The second-order valence-corrected chi connectivity index (χ2v) is 1.32. The zero-order valence-corrected chi connectivity index (χ0v) is 8.33. The summed E-state index contributed by atoms with van der Waals surface area (Å²) in [7, 11) is 0. The molecule has 0 radical (unpaired) electrons. The van der Waals surface area contributed by atoms with Crippen LogP contribution in [0.15, 0.2) is 29.1 Å². The molecule has 0 N–H and O–H groups in total. The molecular formula is C6H5KO2. The third-order valence-electron chi connectivity index (χ3n) is 0.775. The number of furan rings is 1. The minimum atomic E-state index is 0. The maximum Gasteiger partial charge on any atom is 1.00 e. The van der Waals surface area contributed by atoms with Crippen molar-refractivity contribution in [2.24, 2.45) is 0 Å². The fourth-order valence-corrected chi connectivity index (χ4v) is 0.453. The summed E-state index contributed by atoms with van der Waals surface area (Å²) in [6, 6.07) is 3.45. The maximum atomic E-state index is 9.76. The zero-order chi connectivity index (χ0) is 5.82. The van der Waals surface area contributed by atoms with Crippen LogP contribution in [-0.2, 0) is 0 Å². The summed E-state index contributed by atoms with van der Waals surface area (Å²) in [4.78, 5) is 0. The smallest absolute Gasteiger partial charge is 0.878 e. The Morgan fingerprint density at radius 2 is 2.33 bits per heavy atom. The number of hydrogen-bond donors (Lipinski definition) is 0. The van der Waals surface area contributed by atoms with Crippen molar-refractivity contribution in [3.8, 4) is 0 Å². The molecule has 0 aliphatic heterocycles. The Morgan fingerprint density at radius 3 is 2.78 bits per heavy atom. The Balaban J connectivity index is 0.000000640. The third-order valence-corrected chi connectivity index (χ3v) is 0.775. The van der Waals surface area contributed by atoms with E-state index in [0.717, 1.165) is 0 Å². The molecule has 9 heavy (non-hydrogen) atoms. The van der Waals surface area contributed by atoms with Crippen molar-refractivity contribution in [1.29, 1.82) is 0 Å². The predicted octanol–water partition coefficient (Wildman–Crippen LogP) is -2.39. The van der Waals surface area contributed by atoms with E-state index in [2.05, 4.69) is 0 Å². The van der Waals surface area contributed by atoms with E-state index >= 15 is 0 Å². The van der Waals surface area contributed by atoms with E-state index in [9.17, 15) is 5.11 Å². The summed E-state index contributed by atoms with van der Waals surface area (Å²) < 4.78 is 4.79. The van der Waals surface area contributed by atoms with Gasteiger partial charge in [0, 0.05) is 0 Å². The summed E-state index contributed by atoms with van der Waals surface area (Å²) in [5, 5.41) is 9.76. The summed E-state index contributed by atoms with van der Waals surface area (Å²) in [5.41, 5.74) is 0. The van der Waals surface area contributed by atoms with Crippen molar-refractivity contribution >= 4 is 6.08 Å². The van der Waals surface area contributed by atoms with Gasteiger partial charge >= 0.3 is 51.4 Å². The van der Waals surface area contributed by atoms with Gasteiger partial charge in [0.15, 0.2) is 0 Å². The van der Waals surface area contributed by atoms with Gasteiger partial charge in [-0.25, -0.2) is 0 Å². The van der Waals surface area contributed by atoms with E-state index in [0.29, 0.717) is 12.0 Å². The van der Waals surface area contributed by atoms with E-state index in [1.807, 2.05) is 0 Å². The molecule has 0 spiro atoms. The molecule has 3 heteroatoms. The molecule has 0 unspecified atom stereocenters. The third kappa shape index (κ3) is 3.22. The second-order valence-electron chi connectivity index (χ2n) is 1.32. The van der Waals surface area contributed by atoms with Crippen LogP contribution in [0.1, 0.15) is 5.76 Å². The molecule has 0 aliphatic rings. The normalized spacial score (nSPS) is 9.33. The first-order chi connectivity index (χ1) is 3.93. The average Bonchev–Trinajstić information content (AvgIpc) is 2.19. The molecule has 0 saturated carbocycles. The molecular weight excluding hydrogens is 143 g/mol. The van der Waals surface area contributed by atoms with E-state index in [1.54, 1.807) is 12.1 Å². The van der Waals surface area contributed by atoms with Crippen LogP contribution >= 0.6 is 0 Å². The first-order valence-electron chi connectivity index (χ1n) is 2.25. The van der Waals surface area contributed by atoms with Gasteiger partial charge in [-0.05, 0) is 18.2 Å². The van der Waals surface area contributed by atoms with Gasteiger partial charge in [-0.15, -0.1) is 6.26 Å². The summed E-state index contributed by atoms with van der Waals surface area (Å²) in [6.07, 6.45) is 3.58. The largest absolute Gasteiger partial charge is 1.00 e. The predicted molar refractivity (Wildman–Crippen MR) is 27.7 cm³/mol. The zero-order valence-electron chi connectivity index (χ0n) is 5.20. The topological polar surface area (TPSA) is 36.2 Å². The summed E-state index contributed by atoms with van der Waals surface area (Å²) in [5.74, 6) is 0.597. The molecule has 42 valence electrons. The van der Waals surface area contributed by atoms with Crippen LogP contribution in [0.25, 0.3) is 6.08 Å². The molecule has 0 fully saturated rings. The van der Waals surface area contributed by atoms with E-state index in [-0.39, 0.29) is 51.4 Å². The van der Waals surface area contributed by atoms with Crippen LogP contribution in [0, 0.1) is 0 Å². The van der Waals surface area contributed by atoms with Gasteiger partial charge in [-0.2, -0.15) is 0 Å². The SMILES string of the molecule is [K+].[O-]/C=C/c1ccco1. The summed E-state index contributed by atoms with van der Waals surface area (Å²) in [6.45, 7) is 0. The van der Waals surface area contributed by atoms with E-state index < -0.39 is 0 Å². The molecule has 1 aromatic rings. The molecule has 2 nitrogen and oxygen atoms in total. The number of hydrogen-bond acceptors (Lipinski definition) is 2. The van der Waals surface area contributed by atoms with E-state index in [1.165, 1.54) is 12.3 Å².